The van der Waals surface area contributed by atoms with E-state index in [9.17, 15) is 0 Å². The minimum Gasteiger partial charge on any atom is -0.376 e. The van der Waals surface area contributed by atoms with Crippen LogP contribution in [0.1, 0.15) is 12.8 Å². The van der Waals surface area contributed by atoms with Crippen molar-refractivity contribution in [3.8, 4) is 0 Å². The number of nitrogens with one attached hydrogen (secondary N) is 1. The summed E-state index contributed by atoms with van der Waals surface area (Å²) in [6.45, 7) is 5.32. The zero-order valence-electron chi connectivity index (χ0n) is 12.9. The fourth-order valence-electron chi connectivity index (χ4n) is 2.97. The van der Waals surface area contributed by atoms with E-state index in [1.807, 2.05) is 18.2 Å². The predicted octanol–water partition coefficient (Wildman–Crippen LogP) is 3.17. The number of benzene rings is 1. The Morgan fingerprint density at radius 2 is 2.00 bits per heavy atom. The van der Waals surface area contributed by atoms with Gasteiger partial charge in [-0.3, -0.25) is 0 Å². The number of hydrogen-bond donors (Lipinski definition) is 1. The van der Waals surface area contributed by atoms with Crippen LogP contribution in [0.25, 0.3) is 0 Å². The first-order valence-electron chi connectivity index (χ1n) is 7.98. The molecule has 0 aliphatic carbocycles. The van der Waals surface area contributed by atoms with Crippen molar-refractivity contribution in [3.05, 3.63) is 28.2 Å². The summed E-state index contributed by atoms with van der Waals surface area (Å²) in [5.41, 5.74) is 1.11. The minimum atomic E-state index is 0.311. The van der Waals surface area contributed by atoms with Crippen molar-refractivity contribution in [1.82, 2.24) is 10.2 Å². The molecule has 1 aromatic carbocycles. The number of piperazine rings is 1. The van der Waals surface area contributed by atoms with Crippen LogP contribution in [-0.2, 0) is 4.74 Å². The van der Waals surface area contributed by atoms with Gasteiger partial charge in [0.25, 0.3) is 0 Å². The van der Waals surface area contributed by atoms with Crippen molar-refractivity contribution in [2.75, 3.05) is 44.2 Å². The maximum atomic E-state index is 6.10. The van der Waals surface area contributed by atoms with E-state index in [1.165, 1.54) is 0 Å². The first-order chi connectivity index (χ1) is 11.1. The molecule has 0 spiro atoms. The largest absolute Gasteiger partial charge is 0.376 e. The van der Waals surface area contributed by atoms with Gasteiger partial charge in [0, 0.05) is 45.0 Å². The molecule has 1 atom stereocenters. The van der Waals surface area contributed by atoms with Crippen LogP contribution in [0, 0.1) is 0 Å². The molecule has 23 heavy (non-hydrogen) atoms. The Hall–Kier alpha value is -0.750. The third-order valence-electron chi connectivity index (χ3n) is 4.34. The molecule has 2 aliphatic heterocycles. The summed E-state index contributed by atoms with van der Waals surface area (Å²) in [7, 11) is 0. The van der Waals surface area contributed by atoms with Crippen molar-refractivity contribution in [2.24, 2.45) is 0 Å². The predicted molar refractivity (Wildman–Crippen MR) is 99.8 cm³/mol. The summed E-state index contributed by atoms with van der Waals surface area (Å²) in [6.07, 6.45) is 2.59. The average molecular weight is 374 g/mol. The zero-order chi connectivity index (χ0) is 16.2. The van der Waals surface area contributed by atoms with Crippen LogP contribution in [-0.4, -0.2) is 55.4 Å². The Morgan fingerprint density at radius 3 is 2.65 bits per heavy atom. The maximum Gasteiger partial charge on any atom is 0.169 e. The van der Waals surface area contributed by atoms with Crippen LogP contribution in [0.2, 0.25) is 10.0 Å². The van der Waals surface area contributed by atoms with E-state index < -0.39 is 0 Å². The minimum absolute atomic E-state index is 0.311. The van der Waals surface area contributed by atoms with Crippen LogP contribution in [0.15, 0.2) is 18.2 Å². The molecule has 1 unspecified atom stereocenters. The molecule has 7 heteroatoms. The number of anilines is 1. The van der Waals surface area contributed by atoms with Gasteiger partial charge in [0.1, 0.15) is 0 Å². The average Bonchev–Trinajstić information content (AvgIpc) is 3.09. The molecule has 3 rings (SSSR count). The van der Waals surface area contributed by atoms with Gasteiger partial charge in [-0.15, -0.1) is 0 Å². The lowest BCUT2D eigenvalue weighted by Crippen LogP contribution is -2.52. The SMILES string of the molecule is S=C(NCC1CCCO1)N1CCN(c2ccc(Cl)c(Cl)c2)CC1. The van der Waals surface area contributed by atoms with Crippen LogP contribution >= 0.6 is 35.4 Å². The maximum absolute atomic E-state index is 6.10. The lowest BCUT2D eigenvalue weighted by atomic mass is 10.2. The van der Waals surface area contributed by atoms with E-state index >= 15 is 0 Å². The second-order valence-corrected chi connectivity index (χ2v) is 7.09. The highest BCUT2D eigenvalue weighted by Crippen LogP contribution is 2.27. The molecular weight excluding hydrogens is 353 g/mol. The molecule has 0 bridgehead atoms. The fraction of sp³-hybridized carbons (Fsp3) is 0.562. The quantitative estimate of drug-likeness (QED) is 0.821. The topological polar surface area (TPSA) is 27.7 Å². The van der Waals surface area contributed by atoms with Gasteiger partial charge in [-0.1, -0.05) is 23.2 Å². The van der Waals surface area contributed by atoms with Gasteiger partial charge < -0.3 is 19.9 Å². The van der Waals surface area contributed by atoms with Gasteiger partial charge in [-0.05, 0) is 43.3 Å². The number of hydrogen-bond acceptors (Lipinski definition) is 3. The van der Waals surface area contributed by atoms with Crippen LogP contribution in [0.3, 0.4) is 0 Å². The molecule has 0 radical (unpaired) electrons. The van der Waals surface area contributed by atoms with Gasteiger partial charge >= 0.3 is 0 Å². The molecule has 0 saturated carbocycles. The van der Waals surface area contributed by atoms with E-state index in [4.69, 9.17) is 40.2 Å². The molecule has 1 N–H and O–H groups in total. The van der Waals surface area contributed by atoms with Crippen molar-refractivity contribution in [3.63, 3.8) is 0 Å². The van der Waals surface area contributed by atoms with Crippen molar-refractivity contribution in [2.45, 2.75) is 18.9 Å². The summed E-state index contributed by atoms with van der Waals surface area (Å²) >= 11 is 17.6. The first kappa shape index (κ1) is 17.1. The van der Waals surface area contributed by atoms with Crippen molar-refractivity contribution in [1.29, 1.82) is 0 Å². The second kappa shape index (κ2) is 7.88. The zero-order valence-corrected chi connectivity index (χ0v) is 15.3. The molecule has 2 fully saturated rings. The molecule has 2 aliphatic rings. The molecule has 2 saturated heterocycles. The summed E-state index contributed by atoms with van der Waals surface area (Å²) in [6, 6.07) is 5.78. The molecular formula is C16H21Cl2N3OS. The van der Waals surface area contributed by atoms with E-state index in [1.54, 1.807) is 0 Å². The van der Waals surface area contributed by atoms with Gasteiger partial charge in [-0.25, -0.2) is 0 Å². The lowest BCUT2D eigenvalue weighted by molar-refractivity contribution is 0.113. The Morgan fingerprint density at radius 1 is 1.22 bits per heavy atom. The fourth-order valence-corrected chi connectivity index (χ4v) is 3.53. The van der Waals surface area contributed by atoms with Crippen LogP contribution < -0.4 is 10.2 Å². The highest BCUT2D eigenvalue weighted by atomic mass is 35.5. The Balaban J connectivity index is 1.47. The highest BCUT2D eigenvalue weighted by Gasteiger charge is 2.21. The van der Waals surface area contributed by atoms with Gasteiger partial charge in [-0.2, -0.15) is 0 Å². The Kier molecular flexibility index (Phi) is 5.85. The number of ether oxygens (including phenoxy) is 1. The molecule has 1 aromatic rings. The Labute approximate surface area is 152 Å². The molecule has 0 amide bonds. The molecule has 126 valence electrons. The lowest BCUT2D eigenvalue weighted by Gasteiger charge is -2.37. The summed E-state index contributed by atoms with van der Waals surface area (Å²) in [5, 5.41) is 5.36. The smallest absolute Gasteiger partial charge is 0.169 e. The second-order valence-electron chi connectivity index (χ2n) is 5.89. The monoisotopic (exact) mass is 373 g/mol. The number of thiocarbonyl (C=S) groups is 1. The van der Waals surface area contributed by atoms with E-state index in [0.717, 1.165) is 63.0 Å². The standard InChI is InChI=1S/C16H21Cl2N3OS/c17-14-4-3-12(10-15(14)18)20-5-7-21(8-6-20)16(23)19-11-13-2-1-9-22-13/h3-4,10,13H,1-2,5-9,11H2,(H,19,23). The number of rotatable bonds is 3. The third kappa shape index (κ3) is 4.41. The number of nitrogens with zero attached hydrogens (tertiary/aromatic N) is 2. The molecule has 4 nitrogen and oxygen atoms in total. The van der Waals surface area contributed by atoms with Gasteiger partial charge in [0.15, 0.2) is 5.11 Å². The van der Waals surface area contributed by atoms with Gasteiger partial charge in [0.2, 0.25) is 0 Å². The summed E-state index contributed by atoms with van der Waals surface area (Å²) in [5.74, 6) is 0. The van der Waals surface area contributed by atoms with Gasteiger partial charge in [0.05, 0.1) is 16.1 Å². The first-order valence-corrected chi connectivity index (χ1v) is 9.14. The summed E-state index contributed by atoms with van der Waals surface area (Å²) in [4.78, 5) is 4.53. The summed E-state index contributed by atoms with van der Waals surface area (Å²) < 4.78 is 5.61. The van der Waals surface area contributed by atoms with E-state index in [2.05, 4.69) is 15.1 Å². The van der Waals surface area contributed by atoms with E-state index in [-0.39, 0.29) is 0 Å². The van der Waals surface area contributed by atoms with Crippen LogP contribution in [0.5, 0.6) is 0 Å². The number of halogens is 2. The van der Waals surface area contributed by atoms with E-state index in [0.29, 0.717) is 16.1 Å². The van der Waals surface area contributed by atoms with Crippen molar-refractivity contribution >= 4 is 46.2 Å². The third-order valence-corrected chi connectivity index (χ3v) is 5.48. The highest BCUT2D eigenvalue weighted by molar-refractivity contribution is 7.80. The molecule has 2 heterocycles. The van der Waals surface area contributed by atoms with Crippen molar-refractivity contribution < 1.29 is 4.74 Å². The van der Waals surface area contributed by atoms with Crippen LogP contribution in [0.4, 0.5) is 5.69 Å². The molecule has 0 aromatic heterocycles. The Bertz CT molecular complexity index is 558. The normalized spacial score (nSPS) is 21.6.